The molecule has 1 rings (SSSR count). The summed E-state index contributed by atoms with van der Waals surface area (Å²) in [6, 6.07) is -0.211. The first kappa shape index (κ1) is 6.48. The number of nitrogens with two attached hydrogens (primary N) is 1. The predicted octanol–water partition coefficient (Wildman–Crippen LogP) is -0.449. The fourth-order valence-corrected chi connectivity index (χ4v) is 1.09. The standard InChI is InChI=1S/C5H8N2OS/c6-5(8)3-1-2-4(9)7-3/h3H,1-2H2,(H2,6,8)(H,7,9). The number of carbonyl (C=O) groups is 1. The molecule has 1 aliphatic heterocycles. The van der Waals surface area contributed by atoms with Crippen LogP contribution in [0.15, 0.2) is 0 Å². The van der Waals surface area contributed by atoms with Gasteiger partial charge in [-0.3, -0.25) is 4.79 Å². The summed E-state index contributed by atoms with van der Waals surface area (Å²) in [7, 11) is 0. The molecule has 3 N–H and O–H groups in total. The molecule has 0 aliphatic carbocycles. The van der Waals surface area contributed by atoms with Crippen LogP contribution < -0.4 is 11.1 Å². The normalized spacial score (nSPS) is 25.8. The van der Waals surface area contributed by atoms with Gasteiger partial charge in [0.05, 0.1) is 4.99 Å². The second kappa shape index (κ2) is 2.31. The molecule has 9 heavy (non-hydrogen) atoms. The van der Waals surface area contributed by atoms with Crippen LogP contribution in [0.1, 0.15) is 12.8 Å². The third kappa shape index (κ3) is 1.38. The number of hydrogen-bond donors (Lipinski definition) is 2. The molecule has 1 heterocycles. The summed E-state index contributed by atoms with van der Waals surface area (Å²) in [5.41, 5.74) is 5.00. The van der Waals surface area contributed by atoms with Crippen molar-refractivity contribution in [2.24, 2.45) is 5.73 Å². The first-order chi connectivity index (χ1) is 4.20. The Balaban J connectivity index is 2.48. The van der Waals surface area contributed by atoms with E-state index < -0.39 is 0 Å². The molecule has 1 saturated heterocycles. The Morgan fingerprint density at radius 2 is 2.56 bits per heavy atom. The van der Waals surface area contributed by atoms with E-state index in [0.717, 1.165) is 17.8 Å². The number of rotatable bonds is 1. The van der Waals surface area contributed by atoms with Gasteiger partial charge in [-0.1, -0.05) is 12.2 Å². The minimum absolute atomic E-state index is 0.211. The van der Waals surface area contributed by atoms with E-state index in [4.69, 9.17) is 18.0 Å². The summed E-state index contributed by atoms with van der Waals surface area (Å²) in [5.74, 6) is -0.310. The molecule has 3 nitrogen and oxygen atoms in total. The van der Waals surface area contributed by atoms with E-state index in [-0.39, 0.29) is 11.9 Å². The van der Waals surface area contributed by atoms with Gasteiger partial charge in [-0.2, -0.15) is 0 Å². The summed E-state index contributed by atoms with van der Waals surface area (Å²) in [6.45, 7) is 0. The van der Waals surface area contributed by atoms with Gasteiger partial charge in [0.1, 0.15) is 6.04 Å². The molecule has 0 spiro atoms. The Labute approximate surface area is 58.6 Å². The predicted molar refractivity (Wildman–Crippen MR) is 38.0 cm³/mol. The maximum atomic E-state index is 10.4. The number of thiocarbonyl (C=S) groups is 1. The molecule has 0 bridgehead atoms. The summed E-state index contributed by atoms with van der Waals surface area (Å²) >= 11 is 4.80. The van der Waals surface area contributed by atoms with Crippen molar-refractivity contribution in [3.05, 3.63) is 0 Å². The fourth-order valence-electron chi connectivity index (χ4n) is 0.827. The molecule has 0 aromatic carbocycles. The Hall–Kier alpha value is -0.640. The van der Waals surface area contributed by atoms with E-state index in [1.165, 1.54) is 0 Å². The van der Waals surface area contributed by atoms with E-state index in [1.54, 1.807) is 0 Å². The van der Waals surface area contributed by atoms with E-state index in [1.807, 2.05) is 0 Å². The summed E-state index contributed by atoms with van der Waals surface area (Å²) < 4.78 is 0. The van der Waals surface area contributed by atoms with E-state index >= 15 is 0 Å². The van der Waals surface area contributed by atoms with Gasteiger partial charge < -0.3 is 11.1 Å². The van der Waals surface area contributed by atoms with Gasteiger partial charge in [-0.15, -0.1) is 0 Å². The van der Waals surface area contributed by atoms with Crippen molar-refractivity contribution >= 4 is 23.1 Å². The minimum Gasteiger partial charge on any atom is -0.368 e. The third-order valence-corrected chi connectivity index (χ3v) is 1.66. The fraction of sp³-hybridized carbons (Fsp3) is 0.600. The quantitative estimate of drug-likeness (QED) is 0.490. The first-order valence-electron chi connectivity index (χ1n) is 2.79. The highest BCUT2D eigenvalue weighted by molar-refractivity contribution is 7.80. The highest BCUT2D eigenvalue weighted by Crippen LogP contribution is 2.06. The molecular formula is C5H8N2OS. The van der Waals surface area contributed by atoms with Crippen molar-refractivity contribution in [2.75, 3.05) is 0 Å². The van der Waals surface area contributed by atoms with Crippen molar-refractivity contribution in [1.82, 2.24) is 5.32 Å². The molecule has 0 saturated carbocycles. The van der Waals surface area contributed by atoms with Gasteiger partial charge in [0.15, 0.2) is 0 Å². The summed E-state index contributed by atoms with van der Waals surface area (Å²) in [4.78, 5) is 11.2. The highest BCUT2D eigenvalue weighted by atomic mass is 32.1. The van der Waals surface area contributed by atoms with Crippen molar-refractivity contribution < 1.29 is 4.79 Å². The van der Waals surface area contributed by atoms with Gasteiger partial charge in [0, 0.05) is 6.42 Å². The van der Waals surface area contributed by atoms with Crippen LogP contribution >= 0.6 is 12.2 Å². The van der Waals surface area contributed by atoms with Crippen molar-refractivity contribution in [3.8, 4) is 0 Å². The number of hydrogen-bond acceptors (Lipinski definition) is 2. The van der Waals surface area contributed by atoms with Gasteiger partial charge in [-0.05, 0) is 6.42 Å². The number of carbonyl (C=O) groups excluding carboxylic acids is 1. The van der Waals surface area contributed by atoms with Crippen LogP contribution in [-0.4, -0.2) is 16.9 Å². The topological polar surface area (TPSA) is 55.1 Å². The van der Waals surface area contributed by atoms with Gasteiger partial charge in [0.25, 0.3) is 0 Å². The molecular weight excluding hydrogens is 136 g/mol. The zero-order valence-corrected chi connectivity index (χ0v) is 5.70. The highest BCUT2D eigenvalue weighted by Gasteiger charge is 2.21. The van der Waals surface area contributed by atoms with E-state index in [2.05, 4.69) is 5.32 Å². The van der Waals surface area contributed by atoms with Crippen LogP contribution in [0.4, 0.5) is 0 Å². The van der Waals surface area contributed by atoms with Gasteiger partial charge in [0.2, 0.25) is 5.91 Å². The van der Waals surface area contributed by atoms with Crippen LogP contribution in [0.2, 0.25) is 0 Å². The van der Waals surface area contributed by atoms with Crippen molar-refractivity contribution in [2.45, 2.75) is 18.9 Å². The van der Waals surface area contributed by atoms with Gasteiger partial charge in [-0.25, -0.2) is 0 Å². The lowest BCUT2D eigenvalue weighted by molar-refractivity contribution is -0.119. The molecule has 0 aromatic rings. The molecule has 1 unspecified atom stereocenters. The minimum atomic E-state index is -0.310. The lowest BCUT2D eigenvalue weighted by atomic mass is 10.2. The molecule has 0 radical (unpaired) electrons. The summed E-state index contributed by atoms with van der Waals surface area (Å²) in [5, 5.41) is 2.81. The molecule has 1 fully saturated rings. The van der Waals surface area contributed by atoms with E-state index in [0.29, 0.717) is 0 Å². The molecule has 4 heteroatoms. The molecule has 1 atom stereocenters. The SMILES string of the molecule is NC(=O)C1CCC(=S)N1. The largest absolute Gasteiger partial charge is 0.368 e. The van der Waals surface area contributed by atoms with Crippen molar-refractivity contribution in [3.63, 3.8) is 0 Å². The van der Waals surface area contributed by atoms with Crippen molar-refractivity contribution in [1.29, 1.82) is 0 Å². The van der Waals surface area contributed by atoms with Crippen LogP contribution in [0.5, 0.6) is 0 Å². The van der Waals surface area contributed by atoms with Crippen LogP contribution in [0.3, 0.4) is 0 Å². The molecule has 1 aliphatic rings. The second-order valence-electron chi connectivity index (χ2n) is 2.06. The number of primary amides is 1. The molecule has 0 aromatic heterocycles. The van der Waals surface area contributed by atoms with E-state index in [9.17, 15) is 4.79 Å². The number of amides is 1. The average molecular weight is 144 g/mol. The zero-order chi connectivity index (χ0) is 6.85. The second-order valence-corrected chi connectivity index (χ2v) is 2.55. The maximum Gasteiger partial charge on any atom is 0.239 e. The van der Waals surface area contributed by atoms with Crippen LogP contribution in [0, 0.1) is 0 Å². The lowest BCUT2D eigenvalue weighted by Gasteiger charge is -2.02. The van der Waals surface area contributed by atoms with Crippen LogP contribution in [-0.2, 0) is 4.79 Å². The monoisotopic (exact) mass is 144 g/mol. The Morgan fingerprint density at radius 1 is 1.89 bits per heavy atom. The smallest absolute Gasteiger partial charge is 0.239 e. The lowest BCUT2D eigenvalue weighted by Crippen LogP contribution is -2.37. The summed E-state index contributed by atoms with van der Waals surface area (Å²) in [6.07, 6.45) is 1.55. The Bertz CT molecular complexity index is 157. The zero-order valence-electron chi connectivity index (χ0n) is 4.89. The van der Waals surface area contributed by atoms with Gasteiger partial charge >= 0.3 is 0 Å². The molecule has 50 valence electrons. The third-order valence-electron chi connectivity index (χ3n) is 1.34. The van der Waals surface area contributed by atoms with Crippen LogP contribution in [0.25, 0.3) is 0 Å². The first-order valence-corrected chi connectivity index (χ1v) is 3.19. The average Bonchev–Trinajstić information content (AvgIpc) is 2.14. The maximum absolute atomic E-state index is 10.4. The Kier molecular flexibility index (Phi) is 1.66. The molecule has 1 amide bonds. The number of nitrogens with one attached hydrogen (secondary N) is 1. The Morgan fingerprint density at radius 3 is 2.78 bits per heavy atom.